The lowest BCUT2D eigenvalue weighted by Gasteiger charge is -2.49. The highest BCUT2D eigenvalue weighted by molar-refractivity contribution is 5.98. The molecule has 2 aromatic carbocycles. The smallest absolute Gasteiger partial charge is 0.163 e. The predicted molar refractivity (Wildman–Crippen MR) is 133 cm³/mol. The van der Waals surface area contributed by atoms with Gasteiger partial charge in [-0.15, -0.1) is 0 Å². The number of ether oxygens (including phenoxy) is 1. The highest BCUT2D eigenvalue weighted by atomic mass is 16.5. The van der Waals surface area contributed by atoms with Crippen LogP contribution in [0, 0.1) is 17.3 Å². The predicted octanol–water partition coefficient (Wildman–Crippen LogP) is 7.29. The standard InChI is InChI=1S/C31H32O2/c1-31-17-16-24-25(29(31)15-14-28(31)21-8-11-23(33-2)12-9-21)13-10-22-18-30(32)27(19-26(22)24)20-6-4-3-5-7-20/h3-9,11-12,14,18,25,27,29H,10,13,15-17,19H2,1-2H3/t25-,27?,29+,31-/m1/s1. The second kappa shape index (κ2) is 7.87. The minimum Gasteiger partial charge on any atom is -0.497 e. The van der Waals surface area contributed by atoms with Crippen LogP contribution in [0.2, 0.25) is 0 Å². The molecule has 0 bridgehead atoms. The van der Waals surface area contributed by atoms with Crippen LogP contribution in [0.1, 0.15) is 62.5 Å². The van der Waals surface area contributed by atoms with Gasteiger partial charge in [0.15, 0.2) is 5.78 Å². The minimum absolute atomic E-state index is 0.0129. The summed E-state index contributed by atoms with van der Waals surface area (Å²) in [6, 6.07) is 19.0. The molecule has 0 saturated heterocycles. The van der Waals surface area contributed by atoms with Gasteiger partial charge in [0.2, 0.25) is 0 Å². The van der Waals surface area contributed by atoms with Crippen molar-refractivity contribution in [3.63, 3.8) is 0 Å². The molecule has 2 aromatic rings. The van der Waals surface area contributed by atoms with E-state index in [-0.39, 0.29) is 11.3 Å². The second-order valence-corrected chi connectivity index (χ2v) is 10.5. The van der Waals surface area contributed by atoms with Crippen molar-refractivity contribution in [1.82, 2.24) is 0 Å². The van der Waals surface area contributed by atoms with Crippen molar-refractivity contribution >= 4 is 11.4 Å². The maximum Gasteiger partial charge on any atom is 0.163 e. The van der Waals surface area contributed by atoms with Crippen LogP contribution in [-0.4, -0.2) is 12.9 Å². The molecule has 0 aliphatic heterocycles. The number of allylic oxidation sites excluding steroid dienone is 6. The van der Waals surface area contributed by atoms with E-state index in [2.05, 4.69) is 61.5 Å². The van der Waals surface area contributed by atoms with Crippen molar-refractivity contribution in [3.8, 4) is 5.75 Å². The van der Waals surface area contributed by atoms with Gasteiger partial charge in [0, 0.05) is 0 Å². The molecule has 1 unspecified atom stereocenters. The lowest BCUT2D eigenvalue weighted by molar-refractivity contribution is -0.116. The summed E-state index contributed by atoms with van der Waals surface area (Å²) < 4.78 is 5.38. The van der Waals surface area contributed by atoms with Gasteiger partial charge in [-0.1, -0.05) is 61.0 Å². The molecule has 0 amide bonds. The molecule has 1 fully saturated rings. The Balaban J connectivity index is 1.32. The molecule has 0 spiro atoms. The maximum absolute atomic E-state index is 13.0. The molecule has 4 aliphatic carbocycles. The number of ketones is 1. The summed E-state index contributed by atoms with van der Waals surface area (Å²) in [6.45, 7) is 2.50. The van der Waals surface area contributed by atoms with Crippen LogP contribution < -0.4 is 4.74 Å². The van der Waals surface area contributed by atoms with Crippen LogP contribution >= 0.6 is 0 Å². The summed E-state index contributed by atoms with van der Waals surface area (Å²) in [5.41, 5.74) is 8.81. The number of fused-ring (bicyclic) bond motifs is 4. The number of carbonyl (C=O) groups is 1. The first-order valence-corrected chi connectivity index (χ1v) is 12.4. The Morgan fingerprint density at radius 3 is 2.55 bits per heavy atom. The first-order valence-electron chi connectivity index (χ1n) is 12.4. The summed E-state index contributed by atoms with van der Waals surface area (Å²) in [5, 5.41) is 0. The lowest BCUT2D eigenvalue weighted by Crippen LogP contribution is -2.38. The fourth-order valence-electron chi connectivity index (χ4n) is 7.29. The number of rotatable bonds is 3. The zero-order valence-corrected chi connectivity index (χ0v) is 19.6. The van der Waals surface area contributed by atoms with Crippen molar-refractivity contribution in [2.24, 2.45) is 17.3 Å². The van der Waals surface area contributed by atoms with E-state index in [0.29, 0.717) is 17.6 Å². The summed E-state index contributed by atoms with van der Waals surface area (Å²) in [7, 11) is 1.73. The van der Waals surface area contributed by atoms with Gasteiger partial charge < -0.3 is 4.74 Å². The summed E-state index contributed by atoms with van der Waals surface area (Å²) >= 11 is 0. The van der Waals surface area contributed by atoms with Crippen LogP contribution in [-0.2, 0) is 4.79 Å². The molecule has 168 valence electrons. The lowest BCUT2D eigenvalue weighted by atomic mass is 9.55. The molecular weight excluding hydrogens is 404 g/mol. The minimum atomic E-state index is -0.0129. The number of benzene rings is 2. The molecule has 0 heterocycles. The molecule has 0 radical (unpaired) electrons. The molecule has 2 nitrogen and oxygen atoms in total. The monoisotopic (exact) mass is 436 g/mol. The number of hydrogen-bond acceptors (Lipinski definition) is 2. The summed E-state index contributed by atoms with van der Waals surface area (Å²) in [6.07, 6.45) is 11.2. The zero-order chi connectivity index (χ0) is 22.6. The average Bonchev–Trinajstić information content (AvgIpc) is 3.21. The zero-order valence-electron chi connectivity index (χ0n) is 19.6. The number of hydrogen-bond donors (Lipinski definition) is 0. The number of methoxy groups -OCH3 is 1. The van der Waals surface area contributed by atoms with E-state index in [0.717, 1.165) is 30.6 Å². The van der Waals surface area contributed by atoms with Crippen LogP contribution in [0.3, 0.4) is 0 Å². The van der Waals surface area contributed by atoms with E-state index >= 15 is 0 Å². The average molecular weight is 437 g/mol. The van der Waals surface area contributed by atoms with E-state index in [1.54, 1.807) is 12.7 Å². The highest BCUT2D eigenvalue weighted by Gasteiger charge is 2.50. The van der Waals surface area contributed by atoms with Gasteiger partial charge in [0.25, 0.3) is 0 Å². The van der Waals surface area contributed by atoms with Crippen LogP contribution in [0.5, 0.6) is 5.75 Å². The molecule has 1 saturated carbocycles. The van der Waals surface area contributed by atoms with E-state index < -0.39 is 0 Å². The Morgan fingerprint density at radius 1 is 1.00 bits per heavy atom. The second-order valence-electron chi connectivity index (χ2n) is 10.5. The van der Waals surface area contributed by atoms with Gasteiger partial charge in [0.05, 0.1) is 13.0 Å². The molecule has 2 heteroatoms. The van der Waals surface area contributed by atoms with Crippen molar-refractivity contribution < 1.29 is 9.53 Å². The SMILES string of the molecule is COc1ccc(C2=CC[C@H]3[C@@H]4CCC5=CC(=O)C(c6ccccc6)CC5=C4CC[C@]23C)cc1. The fourth-order valence-corrected chi connectivity index (χ4v) is 7.29. The van der Waals surface area contributed by atoms with Crippen molar-refractivity contribution in [2.75, 3.05) is 7.11 Å². The first kappa shape index (κ1) is 20.7. The number of carbonyl (C=O) groups excluding carboxylic acids is 1. The Hall–Kier alpha value is -2.87. The Kier molecular flexibility index (Phi) is 4.94. The first-order chi connectivity index (χ1) is 16.1. The molecule has 0 aromatic heterocycles. The van der Waals surface area contributed by atoms with Crippen molar-refractivity contribution in [1.29, 1.82) is 0 Å². The molecule has 4 aliphatic rings. The van der Waals surface area contributed by atoms with Gasteiger partial charge in [0.1, 0.15) is 5.75 Å². The van der Waals surface area contributed by atoms with Gasteiger partial charge >= 0.3 is 0 Å². The van der Waals surface area contributed by atoms with E-state index in [4.69, 9.17) is 4.74 Å². The normalized spacial score (nSPS) is 30.7. The highest BCUT2D eigenvalue weighted by Crippen LogP contribution is 2.62. The van der Waals surface area contributed by atoms with Gasteiger partial charge in [-0.05, 0) is 102 Å². The molecule has 33 heavy (non-hydrogen) atoms. The third kappa shape index (κ3) is 3.26. The molecule has 0 N–H and O–H groups in total. The molecule has 6 rings (SSSR count). The van der Waals surface area contributed by atoms with Crippen LogP contribution in [0.25, 0.3) is 5.57 Å². The van der Waals surface area contributed by atoms with E-state index in [1.807, 2.05) is 12.1 Å². The third-order valence-electron chi connectivity index (χ3n) is 9.03. The topological polar surface area (TPSA) is 26.3 Å². The summed E-state index contributed by atoms with van der Waals surface area (Å²) in [5.74, 6) is 2.51. The van der Waals surface area contributed by atoms with Gasteiger partial charge in [-0.2, -0.15) is 0 Å². The van der Waals surface area contributed by atoms with Gasteiger partial charge in [-0.3, -0.25) is 4.79 Å². The van der Waals surface area contributed by atoms with Gasteiger partial charge in [-0.25, -0.2) is 0 Å². The third-order valence-corrected chi connectivity index (χ3v) is 9.03. The van der Waals surface area contributed by atoms with Crippen LogP contribution in [0.15, 0.2) is 83.5 Å². The Morgan fingerprint density at radius 2 is 1.79 bits per heavy atom. The van der Waals surface area contributed by atoms with Crippen molar-refractivity contribution in [2.45, 2.75) is 51.4 Å². The fraction of sp³-hybridized carbons (Fsp3) is 0.387. The molecule has 4 atom stereocenters. The summed E-state index contributed by atoms with van der Waals surface area (Å²) in [4.78, 5) is 13.0. The maximum atomic E-state index is 13.0. The van der Waals surface area contributed by atoms with E-state index in [9.17, 15) is 4.79 Å². The van der Waals surface area contributed by atoms with E-state index in [1.165, 1.54) is 41.5 Å². The Labute approximate surface area is 197 Å². The van der Waals surface area contributed by atoms with Crippen LogP contribution in [0.4, 0.5) is 0 Å². The quantitative estimate of drug-likeness (QED) is 0.505. The Bertz CT molecular complexity index is 1180. The van der Waals surface area contributed by atoms with Crippen molar-refractivity contribution in [3.05, 3.63) is 94.6 Å². The largest absolute Gasteiger partial charge is 0.497 e. The molecular formula is C31H32O2.